The van der Waals surface area contributed by atoms with Crippen LogP contribution in [0.25, 0.3) is 0 Å². The van der Waals surface area contributed by atoms with Crippen molar-refractivity contribution in [1.29, 1.82) is 5.26 Å². The number of rotatable bonds is 7. The zero-order chi connectivity index (χ0) is 25.7. The van der Waals surface area contributed by atoms with Gasteiger partial charge in [-0.1, -0.05) is 87.1 Å². The van der Waals surface area contributed by atoms with E-state index in [1.807, 2.05) is 42.5 Å². The van der Waals surface area contributed by atoms with Gasteiger partial charge in [0.2, 0.25) is 5.91 Å². The molecule has 1 heterocycles. The molecule has 0 aliphatic carbocycles. The van der Waals surface area contributed by atoms with Crippen molar-refractivity contribution in [3.63, 3.8) is 0 Å². The zero-order valence-electron chi connectivity index (χ0n) is 20.7. The van der Waals surface area contributed by atoms with Crippen LogP contribution in [0.15, 0.2) is 89.5 Å². The van der Waals surface area contributed by atoms with E-state index in [0.717, 1.165) is 17.5 Å². The van der Waals surface area contributed by atoms with Crippen molar-refractivity contribution < 1.29 is 9.59 Å². The minimum Gasteiger partial charge on any atom is -0.321 e. The van der Waals surface area contributed by atoms with Crippen molar-refractivity contribution in [1.82, 2.24) is 0 Å². The monoisotopic (exact) mass is 495 g/mol. The van der Waals surface area contributed by atoms with Crippen molar-refractivity contribution >= 4 is 35.0 Å². The van der Waals surface area contributed by atoms with Gasteiger partial charge in [0, 0.05) is 11.4 Å². The number of hydrogen-bond donors (Lipinski definition) is 1. The number of nitriles is 1. The van der Waals surface area contributed by atoms with Crippen LogP contribution in [-0.2, 0) is 22.4 Å². The van der Waals surface area contributed by atoms with Gasteiger partial charge in [-0.05, 0) is 59.7 Å². The maximum Gasteiger partial charge on any atom is 0.269 e. The average Bonchev–Trinajstić information content (AvgIpc) is 3.20. The van der Waals surface area contributed by atoms with Crippen molar-refractivity contribution in [2.45, 2.75) is 44.8 Å². The third kappa shape index (κ3) is 5.53. The molecule has 3 aromatic carbocycles. The lowest BCUT2D eigenvalue weighted by Gasteiger charge is -2.19. The van der Waals surface area contributed by atoms with E-state index in [2.05, 4.69) is 56.4 Å². The summed E-state index contributed by atoms with van der Waals surface area (Å²) in [4.78, 5) is 28.3. The molecule has 1 aliphatic rings. The van der Waals surface area contributed by atoms with Gasteiger partial charge < -0.3 is 5.32 Å². The van der Waals surface area contributed by atoms with Crippen molar-refractivity contribution in [2.24, 2.45) is 0 Å². The predicted molar refractivity (Wildman–Crippen MR) is 147 cm³/mol. The van der Waals surface area contributed by atoms with Crippen LogP contribution in [0.4, 0.5) is 11.4 Å². The van der Waals surface area contributed by atoms with Crippen LogP contribution in [0.3, 0.4) is 0 Å². The molecule has 1 unspecified atom stereocenters. The number of nitrogens with zero attached hydrogens (tertiary/aromatic N) is 2. The van der Waals surface area contributed by atoms with Gasteiger partial charge in [-0.3, -0.25) is 14.5 Å². The number of carbonyl (C=O) groups excluding carboxylic acids is 2. The first-order valence-corrected chi connectivity index (χ1v) is 13.0. The predicted octanol–water partition coefficient (Wildman–Crippen LogP) is 6.44. The van der Waals surface area contributed by atoms with E-state index in [9.17, 15) is 14.9 Å². The molecule has 1 atom stereocenters. The Morgan fingerprint density at radius 3 is 2.22 bits per heavy atom. The molecule has 3 aromatic rings. The highest BCUT2D eigenvalue weighted by atomic mass is 32.2. The van der Waals surface area contributed by atoms with Crippen LogP contribution in [0, 0.1) is 11.3 Å². The number of thioether (sulfide) groups is 1. The molecular weight excluding hydrogens is 466 g/mol. The summed E-state index contributed by atoms with van der Waals surface area (Å²) in [5.74, 6) is -0.234. The second-order valence-electron chi connectivity index (χ2n) is 9.01. The second-order valence-corrected chi connectivity index (χ2v) is 10.2. The SMILES string of the molecule is CCc1ccc(N2C(=O)C(Cc3ccc(C(C)C)cc3)S/C2=C(/C#N)C(=O)Nc2ccccc2)cc1. The van der Waals surface area contributed by atoms with Crippen LogP contribution in [-0.4, -0.2) is 17.1 Å². The molecule has 1 N–H and O–H groups in total. The second kappa shape index (κ2) is 11.3. The molecule has 36 heavy (non-hydrogen) atoms. The fraction of sp³-hybridized carbons (Fsp3) is 0.233. The maximum atomic E-state index is 13.7. The fourth-order valence-electron chi connectivity index (χ4n) is 4.07. The number of carbonyl (C=O) groups is 2. The van der Waals surface area contributed by atoms with Gasteiger partial charge in [-0.2, -0.15) is 5.26 Å². The standard InChI is InChI=1S/C30H29N3O2S/c1-4-21-12-16-25(17-13-21)33-29(35)27(18-22-10-14-23(15-11-22)20(2)3)36-30(33)26(19-31)28(34)32-24-8-6-5-7-9-24/h5-17,20,27H,4,18H2,1-3H3,(H,32,34)/b30-26-. The molecule has 0 radical (unpaired) electrons. The lowest BCUT2D eigenvalue weighted by Crippen LogP contribution is -2.31. The molecule has 6 heteroatoms. The molecule has 0 bridgehead atoms. The highest BCUT2D eigenvalue weighted by molar-refractivity contribution is 8.05. The van der Waals surface area contributed by atoms with Gasteiger partial charge in [0.05, 0.1) is 5.25 Å². The number of anilines is 2. The Kier molecular flexibility index (Phi) is 7.92. The highest BCUT2D eigenvalue weighted by Crippen LogP contribution is 2.42. The van der Waals surface area contributed by atoms with Crippen LogP contribution in [0.1, 0.15) is 43.4 Å². The molecule has 1 fully saturated rings. The minimum atomic E-state index is -0.531. The van der Waals surface area contributed by atoms with E-state index in [4.69, 9.17) is 0 Å². The highest BCUT2D eigenvalue weighted by Gasteiger charge is 2.40. The van der Waals surface area contributed by atoms with Gasteiger partial charge in [-0.25, -0.2) is 0 Å². The van der Waals surface area contributed by atoms with Crippen molar-refractivity contribution in [2.75, 3.05) is 10.2 Å². The zero-order valence-corrected chi connectivity index (χ0v) is 21.5. The lowest BCUT2D eigenvalue weighted by molar-refractivity contribution is -0.117. The quantitative estimate of drug-likeness (QED) is 0.302. The molecule has 2 amide bonds. The van der Waals surface area contributed by atoms with Crippen molar-refractivity contribution in [3.05, 3.63) is 106 Å². The third-order valence-corrected chi connectivity index (χ3v) is 7.47. The Balaban J connectivity index is 1.69. The normalized spacial score (nSPS) is 16.7. The summed E-state index contributed by atoms with van der Waals surface area (Å²) in [7, 11) is 0. The Morgan fingerprint density at radius 2 is 1.64 bits per heavy atom. The number of benzene rings is 3. The third-order valence-electron chi connectivity index (χ3n) is 6.21. The summed E-state index contributed by atoms with van der Waals surface area (Å²) in [6.07, 6.45) is 1.39. The Morgan fingerprint density at radius 1 is 1.00 bits per heavy atom. The molecule has 4 rings (SSSR count). The van der Waals surface area contributed by atoms with Gasteiger partial charge >= 0.3 is 0 Å². The Bertz CT molecular complexity index is 1310. The molecule has 1 saturated heterocycles. The first-order valence-electron chi connectivity index (χ1n) is 12.1. The van der Waals surface area contributed by atoms with Crippen LogP contribution < -0.4 is 10.2 Å². The number of aryl methyl sites for hydroxylation is 1. The van der Waals surface area contributed by atoms with Crippen LogP contribution in [0.2, 0.25) is 0 Å². The lowest BCUT2D eigenvalue weighted by atomic mass is 10.00. The molecule has 0 saturated carbocycles. The molecule has 182 valence electrons. The van der Waals surface area contributed by atoms with Crippen LogP contribution in [0.5, 0.6) is 0 Å². The summed E-state index contributed by atoms with van der Waals surface area (Å²) in [6, 6.07) is 27.0. The van der Waals surface area contributed by atoms with Crippen molar-refractivity contribution in [3.8, 4) is 6.07 Å². The molecular formula is C30H29N3O2S. The Hall–Kier alpha value is -3.82. The topological polar surface area (TPSA) is 73.2 Å². The van der Waals surface area contributed by atoms with E-state index in [1.54, 1.807) is 12.1 Å². The summed E-state index contributed by atoms with van der Waals surface area (Å²) in [6.45, 7) is 6.36. The first kappa shape index (κ1) is 25.3. The first-order chi connectivity index (χ1) is 17.4. The number of para-hydroxylation sites is 1. The fourth-order valence-corrected chi connectivity index (χ4v) is 5.38. The molecule has 0 spiro atoms. The number of hydrogen-bond acceptors (Lipinski definition) is 4. The van der Waals surface area contributed by atoms with E-state index in [1.165, 1.54) is 22.2 Å². The van der Waals surface area contributed by atoms with E-state index in [0.29, 0.717) is 28.7 Å². The number of amides is 2. The number of nitrogens with one attached hydrogen (secondary N) is 1. The average molecular weight is 496 g/mol. The summed E-state index contributed by atoms with van der Waals surface area (Å²) < 4.78 is 0. The summed E-state index contributed by atoms with van der Waals surface area (Å²) >= 11 is 1.28. The smallest absolute Gasteiger partial charge is 0.269 e. The van der Waals surface area contributed by atoms with E-state index in [-0.39, 0.29) is 11.5 Å². The maximum absolute atomic E-state index is 13.7. The van der Waals surface area contributed by atoms with Crippen LogP contribution >= 0.6 is 11.8 Å². The van der Waals surface area contributed by atoms with E-state index < -0.39 is 11.2 Å². The minimum absolute atomic E-state index is 0.0746. The van der Waals surface area contributed by atoms with Gasteiger partial charge in [-0.15, -0.1) is 0 Å². The molecule has 5 nitrogen and oxygen atoms in total. The summed E-state index contributed by atoms with van der Waals surface area (Å²) in [5.41, 5.74) is 4.59. The van der Waals surface area contributed by atoms with Gasteiger partial charge in [0.25, 0.3) is 5.91 Å². The largest absolute Gasteiger partial charge is 0.321 e. The molecule has 0 aromatic heterocycles. The van der Waals surface area contributed by atoms with Gasteiger partial charge in [0.15, 0.2) is 0 Å². The molecule has 1 aliphatic heterocycles. The van der Waals surface area contributed by atoms with E-state index >= 15 is 0 Å². The Labute approximate surface area is 216 Å². The van der Waals surface area contributed by atoms with Gasteiger partial charge in [0.1, 0.15) is 16.7 Å². The summed E-state index contributed by atoms with van der Waals surface area (Å²) in [5, 5.41) is 12.7.